The van der Waals surface area contributed by atoms with Gasteiger partial charge in [0.15, 0.2) is 5.76 Å². The molecule has 0 aliphatic rings. The lowest BCUT2D eigenvalue weighted by Crippen LogP contribution is -2.33. The first-order valence-electron chi connectivity index (χ1n) is 4.31. The van der Waals surface area contributed by atoms with Gasteiger partial charge in [-0.1, -0.05) is 0 Å². The van der Waals surface area contributed by atoms with Gasteiger partial charge in [-0.3, -0.25) is 4.79 Å². The number of carbonyl (C=O) groups excluding carboxylic acids is 1. The third-order valence-electron chi connectivity index (χ3n) is 2.10. The Bertz CT molecular complexity index is 388. The highest BCUT2D eigenvalue weighted by Crippen LogP contribution is 2.18. The maximum absolute atomic E-state index is 11.7. The van der Waals surface area contributed by atoms with Gasteiger partial charge in [0.1, 0.15) is 5.60 Å². The second kappa shape index (κ2) is 3.86. The van der Waals surface area contributed by atoms with Gasteiger partial charge < -0.3 is 14.3 Å². The molecule has 1 N–H and O–H groups in total. The molecule has 1 aromatic rings. The van der Waals surface area contributed by atoms with Crippen molar-refractivity contribution in [1.29, 1.82) is 0 Å². The molecule has 0 unspecified atom stereocenters. The number of aromatic carboxylic acids is 1. The molecule has 0 aliphatic carbocycles. The Morgan fingerprint density at radius 2 is 1.87 bits per heavy atom. The van der Waals surface area contributed by atoms with Gasteiger partial charge in [0.25, 0.3) is 0 Å². The highest BCUT2D eigenvalue weighted by Gasteiger charge is 2.31. The molecule has 0 fully saturated rings. The van der Waals surface area contributed by atoms with Crippen LogP contribution in [0.3, 0.4) is 0 Å². The molecule has 0 saturated heterocycles. The van der Waals surface area contributed by atoms with Crippen molar-refractivity contribution in [2.75, 3.05) is 7.11 Å². The van der Waals surface area contributed by atoms with Crippen LogP contribution in [0.4, 0.5) is 0 Å². The number of carboxylic acids is 1. The van der Waals surface area contributed by atoms with Crippen LogP contribution in [-0.4, -0.2) is 29.6 Å². The Labute approximate surface area is 86.6 Å². The van der Waals surface area contributed by atoms with Crippen molar-refractivity contribution < 1.29 is 23.8 Å². The summed E-state index contributed by atoms with van der Waals surface area (Å²) in [5, 5.41) is 8.60. The fourth-order valence-electron chi connectivity index (χ4n) is 0.964. The molecule has 82 valence electrons. The molecule has 0 saturated carbocycles. The summed E-state index contributed by atoms with van der Waals surface area (Å²) in [6.07, 6.45) is 0. The van der Waals surface area contributed by atoms with Crippen molar-refractivity contribution in [3.8, 4) is 0 Å². The SMILES string of the molecule is COC(C)(C)C(=O)c1ccc(C(=O)O)o1. The highest BCUT2D eigenvalue weighted by molar-refractivity contribution is 6.00. The van der Waals surface area contributed by atoms with Crippen LogP contribution in [0.5, 0.6) is 0 Å². The van der Waals surface area contributed by atoms with E-state index in [2.05, 4.69) is 0 Å². The lowest BCUT2D eigenvalue weighted by atomic mass is 10.0. The normalized spacial score (nSPS) is 11.4. The third-order valence-corrected chi connectivity index (χ3v) is 2.10. The molecule has 0 spiro atoms. The van der Waals surface area contributed by atoms with Crippen LogP contribution >= 0.6 is 0 Å². The number of furan rings is 1. The predicted molar refractivity (Wildman–Crippen MR) is 51.1 cm³/mol. The summed E-state index contributed by atoms with van der Waals surface area (Å²) in [5.41, 5.74) is -1.02. The first-order valence-corrected chi connectivity index (χ1v) is 4.31. The molecule has 0 radical (unpaired) electrons. The molecule has 0 aliphatic heterocycles. The number of rotatable bonds is 4. The molecule has 5 nitrogen and oxygen atoms in total. The zero-order valence-corrected chi connectivity index (χ0v) is 8.73. The lowest BCUT2D eigenvalue weighted by Gasteiger charge is -2.19. The minimum absolute atomic E-state index is 0.0146. The van der Waals surface area contributed by atoms with Gasteiger partial charge in [-0.25, -0.2) is 4.79 Å². The van der Waals surface area contributed by atoms with E-state index < -0.39 is 17.4 Å². The van der Waals surface area contributed by atoms with Gasteiger partial charge in [0, 0.05) is 7.11 Å². The first kappa shape index (κ1) is 11.5. The van der Waals surface area contributed by atoms with Crippen molar-refractivity contribution in [1.82, 2.24) is 0 Å². The van der Waals surface area contributed by atoms with Crippen molar-refractivity contribution >= 4 is 11.8 Å². The Morgan fingerprint density at radius 1 is 1.33 bits per heavy atom. The second-order valence-corrected chi connectivity index (χ2v) is 3.51. The number of ether oxygens (including phenoxy) is 1. The largest absolute Gasteiger partial charge is 0.475 e. The topological polar surface area (TPSA) is 76.7 Å². The summed E-state index contributed by atoms with van der Waals surface area (Å²) >= 11 is 0. The van der Waals surface area contributed by atoms with E-state index in [1.54, 1.807) is 13.8 Å². The smallest absolute Gasteiger partial charge is 0.371 e. The number of carbonyl (C=O) groups is 2. The highest BCUT2D eigenvalue weighted by atomic mass is 16.5. The molecule has 1 aromatic heterocycles. The quantitative estimate of drug-likeness (QED) is 0.767. The molecular formula is C10H12O5. The summed E-state index contributed by atoms with van der Waals surface area (Å²) < 4.78 is 9.83. The number of ketones is 1. The Hall–Kier alpha value is -1.62. The van der Waals surface area contributed by atoms with E-state index >= 15 is 0 Å². The van der Waals surface area contributed by atoms with Gasteiger partial charge in [-0.15, -0.1) is 0 Å². The minimum Gasteiger partial charge on any atom is -0.475 e. The summed E-state index contributed by atoms with van der Waals surface area (Å²) in [6, 6.07) is 2.56. The van der Waals surface area contributed by atoms with Crippen LogP contribution in [0.1, 0.15) is 35.0 Å². The number of hydrogen-bond acceptors (Lipinski definition) is 4. The number of carboxylic acid groups (broad SMARTS) is 1. The van der Waals surface area contributed by atoms with E-state index in [0.29, 0.717) is 0 Å². The van der Waals surface area contributed by atoms with Crippen LogP contribution in [0.15, 0.2) is 16.5 Å². The number of Topliss-reactive ketones (excluding diaryl/α,β-unsaturated/α-hetero) is 1. The number of methoxy groups -OCH3 is 1. The summed E-state index contributed by atoms with van der Waals surface area (Å²) in [5.74, 6) is -1.87. The third kappa shape index (κ3) is 2.24. The maximum Gasteiger partial charge on any atom is 0.371 e. The standard InChI is InChI=1S/C10H12O5/c1-10(2,14-3)8(11)6-4-5-7(15-6)9(12)13/h4-5H,1-3H3,(H,12,13). The van der Waals surface area contributed by atoms with E-state index in [1.807, 2.05) is 0 Å². The summed E-state index contributed by atoms with van der Waals surface area (Å²) in [7, 11) is 1.40. The second-order valence-electron chi connectivity index (χ2n) is 3.51. The van der Waals surface area contributed by atoms with Crippen LogP contribution < -0.4 is 0 Å². The average molecular weight is 212 g/mol. The Balaban J connectivity index is 2.98. The Morgan fingerprint density at radius 3 is 2.27 bits per heavy atom. The molecular weight excluding hydrogens is 200 g/mol. The van der Waals surface area contributed by atoms with Crippen LogP contribution in [0.25, 0.3) is 0 Å². The van der Waals surface area contributed by atoms with Gasteiger partial charge in [0.2, 0.25) is 11.5 Å². The molecule has 15 heavy (non-hydrogen) atoms. The summed E-state index contributed by atoms with van der Waals surface area (Å²) in [6.45, 7) is 3.16. The maximum atomic E-state index is 11.7. The van der Waals surface area contributed by atoms with Crippen molar-refractivity contribution in [2.45, 2.75) is 19.4 Å². The Kier molecular flexibility index (Phi) is 2.95. The molecule has 1 heterocycles. The van der Waals surface area contributed by atoms with Crippen LogP contribution in [-0.2, 0) is 4.74 Å². The van der Waals surface area contributed by atoms with E-state index in [0.717, 1.165) is 0 Å². The van der Waals surface area contributed by atoms with E-state index in [4.69, 9.17) is 14.3 Å². The molecule has 0 bridgehead atoms. The first-order chi connectivity index (χ1) is 6.88. The zero-order chi connectivity index (χ0) is 11.6. The fraction of sp³-hybridized carbons (Fsp3) is 0.400. The van der Waals surface area contributed by atoms with Crippen LogP contribution in [0, 0.1) is 0 Å². The monoisotopic (exact) mass is 212 g/mol. The van der Waals surface area contributed by atoms with Gasteiger partial charge in [-0.05, 0) is 26.0 Å². The van der Waals surface area contributed by atoms with Crippen LogP contribution in [0.2, 0.25) is 0 Å². The molecule has 0 atom stereocenters. The zero-order valence-electron chi connectivity index (χ0n) is 8.73. The molecule has 1 rings (SSSR count). The van der Waals surface area contributed by atoms with Gasteiger partial charge in [0.05, 0.1) is 0 Å². The van der Waals surface area contributed by atoms with Crippen molar-refractivity contribution in [3.05, 3.63) is 23.7 Å². The average Bonchev–Trinajstić information content (AvgIpc) is 2.65. The summed E-state index contributed by atoms with van der Waals surface area (Å²) in [4.78, 5) is 22.2. The van der Waals surface area contributed by atoms with Crippen molar-refractivity contribution in [3.63, 3.8) is 0 Å². The van der Waals surface area contributed by atoms with E-state index in [9.17, 15) is 9.59 Å². The van der Waals surface area contributed by atoms with Gasteiger partial charge in [-0.2, -0.15) is 0 Å². The minimum atomic E-state index is -1.20. The van der Waals surface area contributed by atoms with Crippen molar-refractivity contribution in [2.24, 2.45) is 0 Å². The van der Waals surface area contributed by atoms with Gasteiger partial charge >= 0.3 is 5.97 Å². The number of hydrogen-bond donors (Lipinski definition) is 1. The lowest BCUT2D eigenvalue weighted by molar-refractivity contribution is 0.0202. The molecule has 5 heteroatoms. The molecule has 0 amide bonds. The fourth-order valence-corrected chi connectivity index (χ4v) is 0.964. The van der Waals surface area contributed by atoms with E-state index in [1.165, 1.54) is 19.2 Å². The predicted octanol–water partition coefficient (Wildman–Crippen LogP) is 1.59. The van der Waals surface area contributed by atoms with E-state index in [-0.39, 0.29) is 11.5 Å². The molecule has 0 aromatic carbocycles.